The fourth-order valence-electron chi connectivity index (χ4n) is 5.82. The molecule has 0 nitrogen and oxygen atoms in total. The molecule has 2 aliphatic carbocycles. The normalized spacial score (nSPS) is 14.4. The third kappa shape index (κ3) is 2.12. The lowest BCUT2D eigenvalue weighted by atomic mass is 9.70. The van der Waals surface area contributed by atoms with Gasteiger partial charge in [0.15, 0.2) is 0 Å². The van der Waals surface area contributed by atoms with Gasteiger partial charge in [-0.2, -0.15) is 0 Å². The van der Waals surface area contributed by atoms with E-state index in [0.717, 1.165) is 15.4 Å². The predicted octanol–water partition coefficient (Wildman–Crippen LogP) is 8.49. The summed E-state index contributed by atoms with van der Waals surface area (Å²) in [6.45, 7) is 0. The zero-order chi connectivity index (χ0) is 20.7. The standard InChI is InChI=1S/C29H16Cl2/c30-19-10-9-17-14-24-23-12-11-20(31)16-28(23)29(27(24)15-18(17)13-19)25-7-3-1-5-21(25)22-6-2-4-8-26(22)29/h1-16H. The van der Waals surface area contributed by atoms with E-state index in [1.165, 1.54) is 49.9 Å². The first-order valence-corrected chi connectivity index (χ1v) is 11.2. The number of hydrogen-bond donors (Lipinski definition) is 0. The van der Waals surface area contributed by atoms with E-state index in [9.17, 15) is 0 Å². The van der Waals surface area contributed by atoms with E-state index in [0.29, 0.717) is 0 Å². The molecule has 5 aromatic rings. The van der Waals surface area contributed by atoms with Gasteiger partial charge in [-0.05, 0) is 91.7 Å². The van der Waals surface area contributed by atoms with Gasteiger partial charge in [-0.25, -0.2) is 0 Å². The Morgan fingerprint density at radius 1 is 0.419 bits per heavy atom. The molecule has 2 aliphatic rings. The molecule has 31 heavy (non-hydrogen) atoms. The fourth-order valence-corrected chi connectivity index (χ4v) is 6.18. The van der Waals surface area contributed by atoms with Crippen LogP contribution in [0.4, 0.5) is 0 Å². The highest BCUT2D eigenvalue weighted by molar-refractivity contribution is 6.31. The summed E-state index contributed by atoms with van der Waals surface area (Å²) in [7, 11) is 0. The fraction of sp³-hybridized carbons (Fsp3) is 0.0345. The maximum absolute atomic E-state index is 6.59. The number of hydrogen-bond acceptors (Lipinski definition) is 0. The van der Waals surface area contributed by atoms with Crippen molar-refractivity contribution in [3.63, 3.8) is 0 Å². The summed E-state index contributed by atoms with van der Waals surface area (Å²) < 4.78 is 0. The van der Waals surface area contributed by atoms with Crippen LogP contribution in [-0.2, 0) is 5.41 Å². The average Bonchev–Trinajstić information content (AvgIpc) is 3.24. The first-order valence-electron chi connectivity index (χ1n) is 10.4. The summed E-state index contributed by atoms with van der Waals surface area (Å²) in [6.07, 6.45) is 0. The van der Waals surface area contributed by atoms with Gasteiger partial charge in [-0.1, -0.05) is 83.9 Å². The third-order valence-electron chi connectivity index (χ3n) is 6.97. The number of benzene rings is 5. The second kappa shape index (κ2) is 6.01. The van der Waals surface area contributed by atoms with Crippen molar-refractivity contribution >= 4 is 34.0 Å². The second-order valence-corrected chi connectivity index (χ2v) is 9.29. The minimum Gasteiger partial charge on any atom is -0.0843 e. The van der Waals surface area contributed by atoms with Crippen molar-refractivity contribution in [2.75, 3.05) is 0 Å². The molecular formula is C29H16Cl2. The zero-order valence-electron chi connectivity index (χ0n) is 16.5. The predicted molar refractivity (Wildman–Crippen MR) is 130 cm³/mol. The first-order chi connectivity index (χ1) is 15.2. The summed E-state index contributed by atoms with van der Waals surface area (Å²) in [5.41, 5.74) is 9.94. The van der Waals surface area contributed by atoms with E-state index in [1.807, 2.05) is 12.1 Å². The van der Waals surface area contributed by atoms with E-state index < -0.39 is 0 Å². The maximum Gasteiger partial charge on any atom is 0.0726 e. The van der Waals surface area contributed by atoms with Crippen LogP contribution in [0.2, 0.25) is 10.0 Å². The Labute approximate surface area is 190 Å². The largest absolute Gasteiger partial charge is 0.0843 e. The van der Waals surface area contributed by atoms with E-state index in [4.69, 9.17) is 23.2 Å². The van der Waals surface area contributed by atoms with Crippen LogP contribution in [0, 0.1) is 0 Å². The van der Waals surface area contributed by atoms with E-state index in [-0.39, 0.29) is 5.41 Å². The Hall–Kier alpha value is -3.06. The minimum atomic E-state index is -0.376. The number of rotatable bonds is 0. The molecule has 0 aliphatic heterocycles. The minimum absolute atomic E-state index is 0.376. The van der Waals surface area contributed by atoms with Gasteiger partial charge < -0.3 is 0 Å². The van der Waals surface area contributed by atoms with Crippen molar-refractivity contribution in [2.24, 2.45) is 0 Å². The first kappa shape index (κ1) is 17.6. The summed E-state index contributed by atoms with van der Waals surface area (Å²) in [5.74, 6) is 0. The molecule has 2 heteroatoms. The van der Waals surface area contributed by atoms with Crippen LogP contribution < -0.4 is 0 Å². The van der Waals surface area contributed by atoms with Crippen molar-refractivity contribution in [2.45, 2.75) is 5.41 Å². The molecule has 0 unspecified atom stereocenters. The van der Waals surface area contributed by atoms with Crippen LogP contribution in [0.25, 0.3) is 33.0 Å². The molecule has 0 atom stereocenters. The van der Waals surface area contributed by atoms with Crippen molar-refractivity contribution in [3.05, 3.63) is 129 Å². The molecule has 0 radical (unpaired) electrons. The molecule has 0 bridgehead atoms. The second-order valence-electron chi connectivity index (χ2n) is 8.42. The maximum atomic E-state index is 6.59. The van der Waals surface area contributed by atoms with Gasteiger partial charge in [-0.15, -0.1) is 0 Å². The lowest BCUT2D eigenvalue weighted by molar-refractivity contribution is 0.795. The molecule has 7 rings (SSSR count). The van der Waals surface area contributed by atoms with Crippen molar-refractivity contribution < 1.29 is 0 Å². The monoisotopic (exact) mass is 434 g/mol. The molecule has 5 aromatic carbocycles. The van der Waals surface area contributed by atoms with Gasteiger partial charge in [0.05, 0.1) is 5.41 Å². The Balaban J connectivity index is 1.73. The highest BCUT2D eigenvalue weighted by atomic mass is 35.5. The number of fused-ring (bicyclic) bond motifs is 11. The van der Waals surface area contributed by atoms with Crippen molar-refractivity contribution in [1.82, 2.24) is 0 Å². The van der Waals surface area contributed by atoms with Crippen molar-refractivity contribution in [3.8, 4) is 22.3 Å². The molecule has 1 spiro atoms. The van der Waals surface area contributed by atoms with Crippen LogP contribution in [-0.4, -0.2) is 0 Å². The Morgan fingerprint density at radius 2 is 1.00 bits per heavy atom. The SMILES string of the molecule is Clc1ccc2c(c1)C1(c3ccccc3-c3ccccc31)c1cc3cc(Cl)ccc3cc1-2. The Morgan fingerprint density at radius 3 is 1.74 bits per heavy atom. The van der Waals surface area contributed by atoms with Crippen LogP contribution in [0.5, 0.6) is 0 Å². The van der Waals surface area contributed by atoms with Gasteiger partial charge >= 0.3 is 0 Å². The molecule has 0 saturated heterocycles. The van der Waals surface area contributed by atoms with Crippen LogP contribution in [0.15, 0.2) is 97.1 Å². The van der Waals surface area contributed by atoms with Gasteiger partial charge in [-0.3, -0.25) is 0 Å². The highest BCUT2D eigenvalue weighted by Gasteiger charge is 2.51. The molecule has 0 saturated carbocycles. The molecule has 0 N–H and O–H groups in total. The average molecular weight is 435 g/mol. The molecule has 146 valence electrons. The van der Waals surface area contributed by atoms with Crippen LogP contribution >= 0.6 is 23.2 Å². The molecule has 0 fully saturated rings. The zero-order valence-corrected chi connectivity index (χ0v) is 18.0. The molecule has 0 amide bonds. The highest BCUT2D eigenvalue weighted by Crippen LogP contribution is 2.63. The summed E-state index contributed by atoms with van der Waals surface area (Å²) in [5, 5.41) is 3.87. The lowest BCUT2D eigenvalue weighted by Gasteiger charge is -2.30. The van der Waals surface area contributed by atoms with E-state index in [1.54, 1.807) is 0 Å². The molecular weight excluding hydrogens is 419 g/mol. The van der Waals surface area contributed by atoms with Crippen molar-refractivity contribution in [1.29, 1.82) is 0 Å². The lowest BCUT2D eigenvalue weighted by Crippen LogP contribution is -2.25. The van der Waals surface area contributed by atoms with Crippen LogP contribution in [0.3, 0.4) is 0 Å². The smallest absolute Gasteiger partial charge is 0.0726 e. The molecule has 0 aromatic heterocycles. The van der Waals surface area contributed by atoms with E-state index in [2.05, 4.69) is 84.9 Å². The summed E-state index contributed by atoms with van der Waals surface area (Å²) in [6, 6.07) is 34.7. The van der Waals surface area contributed by atoms with E-state index >= 15 is 0 Å². The van der Waals surface area contributed by atoms with Crippen LogP contribution in [0.1, 0.15) is 22.3 Å². The summed E-state index contributed by atoms with van der Waals surface area (Å²) in [4.78, 5) is 0. The topological polar surface area (TPSA) is 0 Å². The Bertz CT molecular complexity index is 1520. The third-order valence-corrected chi connectivity index (χ3v) is 7.44. The quantitative estimate of drug-likeness (QED) is 0.224. The summed E-state index contributed by atoms with van der Waals surface area (Å²) >= 11 is 13.0. The van der Waals surface area contributed by atoms with Gasteiger partial charge in [0.2, 0.25) is 0 Å². The molecule has 0 heterocycles. The number of halogens is 2. The Kier molecular flexibility index (Phi) is 3.41. The van der Waals surface area contributed by atoms with Gasteiger partial charge in [0, 0.05) is 10.0 Å². The van der Waals surface area contributed by atoms with Gasteiger partial charge in [0.25, 0.3) is 0 Å². The van der Waals surface area contributed by atoms with Gasteiger partial charge in [0.1, 0.15) is 0 Å².